The summed E-state index contributed by atoms with van der Waals surface area (Å²) < 4.78 is 6.68. The van der Waals surface area contributed by atoms with Crippen LogP contribution in [0.2, 0.25) is 0 Å². The van der Waals surface area contributed by atoms with E-state index >= 15 is 0 Å². The maximum absolute atomic E-state index is 5.02. The molecule has 7 heteroatoms. The van der Waals surface area contributed by atoms with Crippen molar-refractivity contribution in [2.75, 3.05) is 19.5 Å². The molecule has 2 heterocycles. The molecule has 0 radical (unpaired) electrons. The first-order valence-corrected chi connectivity index (χ1v) is 5.15. The molecule has 0 spiro atoms. The van der Waals surface area contributed by atoms with Crippen molar-refractivity contribution in [1.29, 1.82) is 0 Å². The van der Waals surface area contributed by atoms with Crippen LogP contribution in [0.3, 0.4) is 0 Å². The maximum Gasteiger partial charge on any atom is 0.322 e. The molecule has 2 aromatic rings. The predicted octanol–water partition coefficient (Wildman–Crippen LogP) is 0.724. The molecule has 0 aliphatic rings. The monoisotopic (exact) mass is 234 g/mol. The van der Waals surface area contributed by atoms with Gasteiger partial charge in [-0.3, -0.25) is 0 Å². The Morgan fingerprint density at radius 1 is 1.24 bits per heavy atom. The van der Waals surface area contributed by atoms with E-state index in [1.54, 1.807) is 11.7 Å². The Hall–Kier alpha value is -2.18. The molecule has 1 N–H and O–H groups in total. The van der Waals surface area contributed by atoms with Crippen LogP contribution in [0.5, 0.6) is 6.01 Å². The van der Waals surface area contributed by atoms with Crippen molar-refractivity contribution in [2.24, 2.45) is 0 Å². The zero-order valence-corrected chi connectivity index (χ0v) is 10.2. The third-order valence-corrected chi connectivity index (χ3v) is 2.21. The summed E-state index contributed by atoms with van der Waals surface area (Å²) in [4.78, 5) is 12.4. The molecular weight excluding hydrogens is 220 g/mol. The Morgan fingerprint density at radius 2 is 2.00 bits per heavy atom. The summed E-state index contributed by atoms with van der Waals surface area (Å²) >= 11 is 0. The van der Waals surface area contributed by atoms with Gasteiger partial charge in [0.25, 0.3) is 5.95 Å². The van der Waals surface area contributed by atoms with Crippen LogP contribution in [-0.2, 0) is 0 Å². The minimum atomic E-state index is 0.256. The van der Waals surface area contributed by atoms with Gasteiger partial charge in [0.05, 0.1) is 12.8 Å². The highest BCUT2D eigenvalue weighted by Crippen LogP contribution is 2.12. The van der Waals surface area contributed by atoms with Gasteiger partial charge < -0.3 is 10.1 Å². The smallest absolute Gasteiger partial charge is 0.322 e. The van der Waals surface area contributed by atoms with Crippen molar-refractivity contribution in [3.8, 4) is 12.0 Å². The van der Waals surface area contributed by atoms with E-state index in [1.807, 2.05) is 19.9 Å². The van der Waals surface area contributed by atoms with Gasteiger partial charge in [-0.25, -0.2) is 4.68 Å². The molecule has 2 aromatic heterocycles. The van der Waals surface area contributed by atoms with E-state index in [0.717, 1.165) is 11.4 Å². The van der Waals surface area contributed by atoms with Gasteiger partial charge in [0.2, 0.25) is 5.95 Å². The van der Waals surface area contributed by atoms with Gasteiger partial charge in [-0.2, -0.15) is 20.1 Å². The average Bonchev–Trinajstić information content (AvgIpc) is 2.67. The van der Waals surface area contributed by atoms with Crippen molar-refractivity contribution in [3.63, 3.8) is 0 Å². The van der Waals surface area contributed by atoms with Gasteiger partial charge >= 0.3 is 6.01 Å². The molecule has 0 unspecified atom stereocenters. The van der Waals surface area contributed by atoms with Gasteiger partial charge in [0, 0.05) is 12.7 Å². The number of aryl methyl sites for hydroxylation is 2. The Balaban J connectivity index is 2.54. The van der Waals surface area contributed by atoms with Gasteiger partial charge in [0.15, 0.2) is 0 Å². The second-order valence-corrected chi connectivity index (χ2v) is 3.53. The lowest BCUT2D eigenvalue weighted by Gasteiger charge is -2.06. The predicted molar refractivity (Wildman–Crippen MR) is 62.5 cm³/mol. The van der Waals surface area contributed by atoms with Crippen LogP contribution in [-0.4, -0.2) is 38.9 Å². The summed E-state index contributed by atoms with van der Waals surface area (Å²) in [5, 5.41) is 7.17. The zero-order chi connectivity index (χ0) is 12.4. The Bertz CT molecular complexity index is 513. The lowest BCUT2D eigenvalue weighted by Crippen LogP contribution is -2.10. The van der Waals surface area contributed by atoms with Gasteiger partial charge in [-0.1, -0.05) is 0 Å². The van der Waals surface area contributed by atoms with Crippen LogP contribution in [0.15, 0.2) is 6.07 Å². The maximum atomic E-state index is 5.02. The lowest BCUT2D eigenvalue weighted by molar-refractivity contribution is 0.377. The molecule has 0 saturated heterocycles. The standard InChI is InChI=1S/C10H14N6O/c1-6-5-7(2)16(15-6)9-12-8(11-3)13-10(14-9)17-4/h5H,1-4H3,(H,11,12,13,14). The van der Waals surface area contributed by atoms with Crippen LogP contribution in [0.1, 0.15) is 11.4 Å². The Morgan fingerprint density at radius 3 is 2.53 bits per heavy atom. The summed E-state index contributed by atoms with van der Waals surface area (Å²) in [6.07, 6.45) is 0. The second-order valence-electron chi connectivity index (χ2n) is 3.53. The first-order chi connectivity index (χ1) is 8.13. The molecule has 0 bridgehead atoms. The number of nitrogens with zero attached hydrogens (tertiary/aromatic N) is 5. The molecule has 7 nitrogen and oxygen atoms in total. The van der Waals surface area contributed by atoms with E-state index in [0.29, 0.717) is 11.9 Å². The average molecular weight is 234 g/mol. The highest BCUT2D eigenvalue weighted by Gasteiger charge is 2.10. The zero-order valence-electron chi connectivity index (χ0n) is 10.2. The van der Waals surface area contributed by atoms with Crippen molar-refractivity contribution in [3.05, 3.63) is 17.5 Å². The van der Waals surface area contributed by atoms with Crippen LogP contribution in [0.25, 0.3) is 5.95 Å². The summed E-state index contributed by atoms with van der Waals surface area (Å²) in [6, 6.07) is 2.21. The molecule has 0 fully saturated rings. The molecular formula is C10H14N6O. The fourth-order valence-electron chi connectivity index (χ4n) is 1.48. The fourth-order valence-corrected chi connectivity index (χ4v) is 1.48. The van der Waals surface area contributed by atoms with Crippen LogP contribution >= 0.6 is 0 Å². The van der Waals surface area contributed by atoms with E-state index in [2.05, 4.69) is 25.4 Å². The number of rotatable bonds is 3. The number of aromatic nitrogens is 5. The number of hydrogen-bond donors (Lipinski definition) is 1. The highest BCUT2D eigenvalue weighted by molar-refractivity contribution is 5.30. The molecule has 17 heavy (non-hydrogen) atoms. The van der Waals surface area contributed by atoms with E-state index in [4.69, 9.17) is 4.74 Å². The Labute approximate surface area is 98.9 Å². The number of nitrogens with one attached hydrogen (secondary N) is 1. The molecule has 2 rings (SSSR count). The van der Waals surface area contributed by atoms with E-state index in [1.165, 1.54) is 7.11 Å². The number of hydrogen-bond acceptors (Lipinski definition) is 6. The van der Waals surface area contributed by atoms with Crippen molar-refractivity contribution in [1.82, 2.24) is 24.7 Å². The molecule has 0 atom stereocenters. The molecule has 0 amide bonds. The second kappa shape index (κ2) is 4.36. The molecule has 0 saturated carbocycles. The minimum absolute atomic E-state index is 0.256. The van der Waals surface area contributed by atoms with Crippen LogP contribution in [0.4, 0.5) is 5.95 Å². The highest BCUT2D eigenvalue weighted by atomic mass is 16.5. The summed E-state index contributed by atoms with van der Waals surface area (Å²) in [5.74, 6) is 0.881. The largest absolute Gasteiger partial charge is 0.467 e. The topological polar surface area (TPSA) is 77.8 Å². The third-order valence-electron chi connectivity index (χ3n) is 2.21. The number of ether oxygens (including phenoxy) is 1. The van der Waals surface area contributed by atoms with Crippen LogP contribution < -0.4 is 10.1 Å². The molecule has 90 valence electrons. The first kappa shape index (κ1) is 11.3. The van der Waals surface area contributed by atoms with E-state index in [-0.39, 0.29) is 6.01 Å². The SMILES string of the molecule is CNc1nc(OC)nc(-n2nc(C)cc2C)n1. The summed E-state index contributed by atoms with van der Waals surface area (Å²) in [6.45, 7) is 3.86. The Kier molecular flexibility index (Phi) is 2.90. The van der Waals surface area contributed by atoms with Crippen LogP contribution in [0, 0.1) is 13.8 Å². The fraction of sp³-hybridized carbons (Fsp3) is 0.400. The van der Waals surface area contributed by atoms with E-state index in [9.17, 15) is 0 Å². The van der Waals surface area contributed by atoms with E-state index < -0.39 is 0 Å². The molecule has 0 aliphatic carbocycles. The normalized spacial score (nSPS) is 10.4. The number of methoxy groups -OCH3 is 1. The van der Waals surface area contributed by atoms with Gasteiger partial charge in [0.1, 0.15) is 0 Å². The third kappa shape index (κ3) is 2.17. The number of anilines is 1. The summed E-state index contributed by atoms with van der Waals surface area (Å²) in [7, 11) is 3.25. The van der Waals surface area contributed by atoms with Gasteiger partial charge in [-0.15, -0.1) is 0 Å². The minimum Gasteiger partial charge on any atom is -0.467 e. The molecule has 0 aliphatic heterocycles. The molecule has 0 aromatic carbocycles. The van der Waals surface area contributed by atoms with Gasteiger partial charge in [-0.05, 0) is 19.9 Å². The van der Waals surface area contributed by atoms with Crippen molar-refractivity contribution in [2.45, 2.75) is 13.8 Å². The lowest BCUT2D eigenvalue weighted by atomic mass is 10.4. The summed E-state index contributed by atoms with van der Waals surface area (Å²) in [5.41, 5.74) is 1.87. The quantitative estimate of drug-likeness (QED) is 0.843. The van der Waals surface area contributed by atoms with Crippen molar-refractivity contribution >= 4 is 5.95 Å². The first-order valence-electron chi connectivity index (χ1n) is 5.15. The van der Waals surface area contributed by atoms with Crippen molar-refractivity contribution < 1.29 is 4.74 Å².